The minimum absolute atomic E-state index is 0.0446. The summed E-state index contributed by atoms with van der Waals surface area (Å²) in [6, 6.07) is 10.7. The number of halogens is 2. The summed E-state index contributed by atoms with van der Waals surface area (Å²) < 4.78 is 18.8. The molecule has 0 unspecified atom stereocenters. The molecule has 130 valence electrons. The maximum Gasteiger partial charge on any atom is 0.262 e. The molecule has 25 heavy (non-hydrogen) atoms. The van der Waals surface area contributed by atoms with E-state index in [9.17, 15) is 9.18 Å². The molecule has 0 aliphatic heterocycles. The van der Waals surface area contributed by atoms with E-state index in [1.807, 2.05) is 0 Å². The molecule has 0 saturated carbocycles. The quantitative estimate of drug-likeness (QED) is 0.407. The summed E-state index contributed by atoms with van der Waals surface area (Å²) in [5.74, 6) is -0.722. The van der Waals surface area contributed by atoms with Crippen LogP contribution in [0.25, 0.3) is 0 Å². The summed E-state index contributed by atoms with van der Waals surface area (Å²) in [6.07, 6.45) is 1.47. The van der Waals surface area contributed by atoms with Crippen LogP contribution in [0.15, 0.2) is 47.6 Å². The normalized spacial score (nSPS) is 10.5. The van der Waals surface area contributed by atoms with Crippen LogP contribution >= 0.6 is 23.8 Å². The van der Waals surface area contributed by atoms with E-state index < -0.39 is 11.7 Å². The Bertz CT molecular complexity index is 816. The SMILES string of the molecule is NC(=S)N/N=C\c1ccc(OCC(=O)Nc2ccccc2F)c(Cl)c1. The smallest absolute Gasteiger partial charge is 0.262 e. The van der Waals surface area contributed by atoms with E-state index in [1.165, 1.54) is 24.4 Å². The molecule has 9 heteroatoms. The van der Waals surface area contributed by atoms with Crippen LogP contribution in [0.2, 0.25) is 5.02 Å². The van der Waals surface area contributed by atoms with Crippen LogP contribution in [0.1, 0.15) is 5.56 Å². The molecule has 0 radical (unpaired) electrons. The third-order valence-corrected chi connectivity index (χ3v) is 3.24. The lowest BCUT2D eigenvalue weighted by molar-refractivity contribution is -0.118. The molecule has 0 aliphatic rings. The summed E-state index contributed by atoms with van der Waals surface area (Å²) in [5.41, 5.74) is 8.42. The van der Waals surface area contributed by atoms with E-state index in [4.69, 9.17) is 22.1 Å². The number of thiocarbonyl (C=S) groups is 1. The first-order valence-electron chi connectivity index (χ1n) is 7.01. The van der Waals surface area contributed by atoms with E-state index >= 15 is 0 Å². The number of carbonyl (C=O) groups is 1. The number of benzene rings is 2. The second-order valence-corrected chi connectivity index (χ2v) is 5.59. The molecule has 0 atom stereocenters. The van der Waals surface area contributed by atoms with Gasteiger partial charge in [-0.3, -0.25) is 10.2 Å². The number of hydrogen-bond acceptors (Lipinski definition) is 4. The summed E-state index contributed by atoms with van der Waals surface area (Å²) in [5, 5.41) is 6.55. The molecule has 6 nitrogen and oxygen atoms in total. The van der Waals surface area contributed by atoms with Crippen molar-refractivity contribution in [2.24, 2.45) is 10.8 Å². The van der Waals surface area contributed by atoms with Crippen LogP contribution in [0, 0.1) is 5.82 Å². The van der Waals surface area contributed by atoms with E-state index in [1.54, 1.807) is 24.3 Å². The van der Waals surface area contributed by atoms with Gasteiger partial charge in [0.05, 0.1) is 16.9 Å². The lowest BCUT2D eigenvalue weighted by atomic mass is 10.2. The third-order valence-electron chi connectivity index (χ3n) is 2.85. The van der Waals surface area contributed by atoms with Gasteiger partial charge in [0.25, 0.3) is 5.91 Å². The molecule has 0 aliphatic carbocycles. The van der Waals surface area contributed by atoms with Gasteiger partial charge in [0, 0.05) is 0 Å². The number of carbonyl (C=O) groups excluding carboxylic acids is 1. The van der Waals surface area contributed by atoms with Crippen molar-refractivity contribution in [2.45, 2.75) is 0 Å². The van der Waals surface area contributed by atoms with Gasteiger partial charge in [-0.05, 0) is 48.1 Å². The highest BCUT2D eigenvalue weighted by Gasteiger charge is 2.09. The highest BCUT2D eigenvalue weighted by atomic mass is 35.5. The van der Waals surface area contributed by atoms with Gasteiger partial charge in [0.15, 0.2) is 11.7 Å². The fourth-order valence-electron chi connectivity index (χ4n) is 1.78. The number of rotatable bonds is 6. The zero-order valence-corrected chi connectivity index (χ0v) is 14.4. The highest BCUT2D eigenvalue weighted by Crippen LogP contribution is 2.25. The summed E-state index contributed by atoms with van der Waals surface area (Å²) in [4.78, 5) is 11.8. The van der Waals surface area contributed by atoms with Crippen molar-refractivity contribution in [1.82, 2.24) is 5.43 Å². The summed E-state index contributed by atoms with van der Waals surface area (Å²) in [6.45, 7) is -0.315. The van der Waals surface area contributed by atoms with Gasteiger partial charge in [-0.2, -0.15) is 5.10 Å². The Hall–Kier alpha value is -2.71. The zero-order chi connectivity index (χ0) is 18.2. The molecule has 2 aromatic carbocycles. The Morgan fingerprint density at radius 2 is 2.12 bits per heavy atom. The lowest BCUT2D eigenvalue weighted by Crippen LogP contribution is -2.24. The van der Waals surface area contributed by atoms with Gasteiger partial charge < -0.3 is 15.8 Å². The molecule has 0 saturated heterocycles. The highest BCUT2D eigenvalue weighted by molar-refractivity contribution is 7.80. The van der Waals surface area contributed by atoms with Crippen molar-refractivity contribution < 1.29 is 13.9 Å². The first-order chi connectivity index (χ1) is 12.0. The number of nitrogens with zero attached hydrogens (tertiary/aromatic N) is 1. The van der Waals surface area contributed by atoms with Crippen LogP contribution in [-0.2, 0) is 4.79 Å². The van der Waals surface area contributed by atoms with Crippen LogP contribution in [0.4, 0.5) is 10.1 Å². The Morgan fingerprint density at radius 1 is 1.36 bits per heavy atom. The van der Waals surface area contributed by atoms with Gasteiger partial charge in [0.2, 0.25) is 0 Å². The van der Waals surface area contributed by atoms with Crippen LogP contribution in [-0.4, -0.2) is 23.8 Å². The average Bonchev–Trinajstić information content (AvgIpc) is 2.56. The van der Waals surface area contributed by atoms with E-state index in [0.29, 0.717) is 11.3 Å². The lowest BCUT2D eigenvalue weighted by Gasteiger charge is -2.09. The zero-order valence-electron chi connectivity index (χ0n) is 12.8. The van der Waals surface area contributed by atoms with Crippen LogP contribution in [0.5, 0.6) is 5.75 Å². The Morgan fingerprint density at radius 3 is 2.80 bits per heavy atom. The first-order valence-corrected chi connectivity index (χ1v) is 7.79. The van der Waals surface area contributed by atoms with Gasteiger partial charge in [-0.15, -0.1) is 0 Å². The maximum atomic E-state index is 13.5. The number of hydrazone groups is 1. The first kappa shape index (κ1) is 18.6. The number of ether oxygens (including phenoxy) is 1. The van der Waals surface area contributed by atoms with Gasteiger partial charge in [-0.1, -0.05) is 23.7 Å². The summed E-state index contributed by atoms with van der Waals surface area (Å²) >= 11 is 10.7. The molecule has 4 N–H and O–H groups in total. The molecule has 2 aromatic rings. The molecular formula is C16H14ClFN4O2S. The van der Waals surface area contributed by atoms with Gasteiger partial charge >= 0.3 is 0 Å². The number of amides is 1. The van der Waals surface area contributed by atoms with Crippen molar-refractivity contribution in [3.8, 4) is 5.75 Å². The number of nitrogens with two attached hydrogens (primary N) is 1. The summed E-state index contributed by atoms with van der Waals surface area (Å²) in [7, 11) is 0. The molecule has 0 fully saturated rings. The monoisotopic (exact) mass is 380 g/mol. The number of nitrogens with one attached hydrogen (secondary N) is 2. The van der Waals surface area contributed by atoms with Gasteiger partial charge in [-0.25, -0.2) is 4.39 Å². The van der Waals surface area contributed by atoms with E-state index in [0.717, 1.165) is 0 Å². The second-order valence-electron chi connectivity index (χ2n) is 4.74. The molecule has 0 heterocycles. The molecule has 1 amide bonds. The minimum atomic E-state index is -0.525. The average molecular weight is 381 g/mol. The number of anilines is 1. The van der Waals surface area contributed by atoms with E-state index in [-0.39, 0.29) is 22.4 Å². The van der Waals surface area contributed by atoms with Crippen molar-refractivity contribution in [1.29, 1.82) is 0 Å². The predicted octanol–water partition coefficient (Wildman–Crippen LogP) is 2.66. The topological polar surface area (TPSA) is 88.7 Å². The standard InChI is InChI=1S/C16H14ClFN4O2S/c17-11-7-10(8-20-22-16(19)25)5-6-14(11)24-9-15(23)21-13-4-2-1-3-12(13)18/h1-8H,9H2,(H,21,23)(H3,19,22,25)/b20-8-. The fourth-order valence-corrected chi connectivity index (χ4v) is 2.07. The van der Waals surface area contributed by atoms with Crippen molar-refractivity contribution in [3.63, 3.8) is 0 Å². The van der Waals surface area contributed by atoms with Crippen LogP contribution < -0.4 is 21.2 Å². The Kier molecular flexibility index (Phi) is 6.67. The molecule has 0 bridgehead atoms. The Labute approximate surface area is 153 Å². The second kappa shape index (κ2) is 8.95. The predicted molar refractivity (Wildman–Crippen MR) is 99.5 cm³/mol. The third kappa shape index (κ3) is 6.02. The van der Waals surface area contributed by atoms with E-state index in [2.05, 4.69) is 28.1 Å². The van der Waals surface area contributed by atoms with Gasteiger partial charge in [0.1, 0.15) is 11.6 Å². The van der Waals surface area contributed by atoms with Crippen molar-refractivity contribution in [3.05, 3.63) is 58.9 Å². The molecule has 0 aromatic heterocycles. The fraction of sp³-hybridized carbons (Fsp3) is 0.0625. The molecule has 2 rings (SSSR count). The number of para-hydroxylation sites is 1. The molecular weight excluding hydrogens is 367 g/mol. The van der Waals surface area contributed by atoms with Crippen LogP contribution in [0.3, 0.4) is 0 Å². The Balaban J connectivity index is 1.92. The maximum absolute atomic E-state index is 13.5. The van der Waals surface area contributed by atoms with Crippen molar-refractivity contribution >= 4 is 46.7 Å². The van der Waals surface area contributed by atoms with Crippen molar-refractivity contribution in [2.75, 3.05) is 11.9 Å². The largest absolute Gasteiger partial charge is 0.482 e. The molecule has 0 spiro atoms. The number of hydrogen-bond donors (Lipinski definition) is 3. The minimum Gasteiger partial charge on any atom is -0.482 e.